The van der Waals surface area contributed by atoms with Crippen molar-refractivity contribution in [2.45, 2.75) is 19.4 Å². The number of hydrogen-bond donors (Lipinski definition) is 1. The van der Waals surface area contributed by atoms with E-state index in [1.807, 2.05) is 36.4 Å². The highest BCUT2D eigenvalue weighted by Crippen LogP contribution is 2.30. The van der Waals surface area contributed by atoms with E-state index in [0.29, 0.717) is 10.0 Å². The van der Waals surface area contributed by atoms with Crippen LogP contribution in [0.5, 0.6) is 0 Å². The fourth-order valence-electron chi connectivity index (χ4n) is 1.93. The van der Waals surface area contributed by atoms with Crippen molar-refractivity contribution in [1.29, 1.82) is 0 Å². The van der Waals surface area contributed by atoms with Gasteiger partial charge in [0.2, 0.25) is 0 Å². The molecule has 0 heterocycles. The van der Waals surface area contributed by atoms with Gasteiger partial charge in [-0.2, -0.15) is 0 Å². The molecule has 1 unspecified atom stereocenters. The number of rotatable bonds is 4. The average molecular weight is 315 g/mol. The number of halogens is 3. The van der Waals surface area contributed by atoms with Gasteiger partial charge in [-0.05, 0) is 48.4 Å². The molecule has 2 aromatic carbocycles. The van der Waals surface area contributed by atoms with E-state index in [4.69, 9.17) is 34.8 Å². The summed E-state index contributed by atoms with van der Waals surface area (Å²) in [7, 11) is 0. The van der Waals surface area contributed by atoms with Gasteiger partial charge >= 0.3 is 0 Å². The van der Waals surface area contributed by atoms with E-state index in [-0.39, 0.29) is 6.04 Å². The van der Waals surface area contributed by atoms with Crippen molar-refractivity contribution in [2.24, 2.45) is 0 Å². The van der Waals surface area contributed by atoms with E-state index in [9.17, 15) is 0 Å². The lowest BCUT2D eigenvalue weighted by Crippen LogP contribution is -2.10. The maximum Gasteiger partial charge on any atom is 0.0525 e. The van der Waals surface area contributed by atoms with E-state index in [1.54, 1.807) is 6.07 Å². The van der Waals surface area contributed by atoms with Gasteiger partial charge in [0.05, 0.1) is 6.04 Å². The highest BCUT2D eigenvalue weighted by molar-refractivity contribution is 6.35. The van der Waals surface area contributed by atoms with Gasteiger partial charge in [-0.15, -0.1) is 0 Å². The maximum atomic E-state index is 6.25. The third-order valence-corrected chi connectivity index (χ3v) is 3.75. The first-order chi connectivity index (χ1) is 9.10. The quantitative estimate of drug-likeness (QED) is 0.707. The Balaban J connectivity index is 2.22. The summed E-state index contributed by atoms with van der Waals surface area (Å²) in [6, 6.07) is 13.4. The molecule has 1 atom stereocenters. The van der Waals surface area contributed by atoms with E-state index < -0.39 is 0 Å². The lowest BCUT2D eigenvalue weighted by molar-refractivity contribution is 0.750. The third-order valence-electron chi connectivity index (χ3n) is 2.93. The summed E-state index contributed by atoms with van der Waals surface area (Å²) < 4.78 is 0. The molecule has 0 fully saturated rings. The van der Waals surface area contributed by atoms with Crippen LogP contribution in [0, 0.1) is 0 Å². The standard InChI is InChI=1S/C15H14Cl3N/c1-2-15(13-8-5-11(17)9-14(13)18)19-12-6-3-10(16)4-7-12/h3-9,15,19H,2H2,1H3. The average Bonchev–Trinajstić information content (AvgIpc) is 2.39. The van der Waals surface area contributed by atoms with Crippen molar-refractivity contribution in [3.05, 3.63) is 63.1 Å². The predicted octanol–water partition coefficient (Wildman–Crippen LogP) is 6.21. The van der Waals surface area contributed by atoms with Gasteiger partial charge in [0, 0.05) is 20.8 Å². The van der Waals surface area contributed by atoms with Gasteiger partial charge in [-0.25, -0.2) is 0 Å². The Morgan fingerprint density at radius 1 is 0.947 bits per heavy atom. The number of hydrogen-bond acceptors (Lipinski definition) is 1. The summed E-state index contributed by atoms with van der Waals surface area (Å²) >= 11 is 18.1. The summed E-state index contributed by atoms with van der Waals surface area (Å²) in [6.45, 7) is 2.11. The maximum absolute atomic E-state index is 6.25. The monoisotopic (exact) mass is 313 g/mol. The van der Waals surface area contributed by atoms with Crippen molar-refractivity contribution in [2.75, 3.05) is 5.32 Å². The number of anilines is 1. The minimum absolute atomic E-state index is 0.144. The molecular weight excluding hydrogens is 301 g/mol. The van der Waals surface area contributed by atoms with Gasteiger partial charge in [-0.1, -0.05) is 47.8 Å². The lowest BCUT2D eigenvalue weighted by atomic mass is 10.0. The zero-order valence-electron chi connectivity index (χ0n) is 10.5. The molecule has 100 valence electrons. The highest BCUT2D eigenvalue weighted by Gasteiger charge is 2.13. The SMILES string of the molecule is CCC(Nc1ccc(Cl)cc1)c1ccc(Cl)cc1Cl. The zero-order valence-corrected chi connectivity index (χ0v) is 12.7. The first-order valence-corrected chi connectivity index (χ1v) is 7.20. The van der Waals surface area contributed by atoms with Crippen molar-refractivity contribution in [3.8, 4) is 0 Å². The Labute approximate surface area is 128 Å². The second kappa shape index (κ2) is 6.51. The molecular formula is C15H14Cl3N. The molecule has 0 aliphatic carbocycles. The largest absolute Gasteiger partial charge is 0.378 e. The Bertz CT molecular complexity index is 552. The van der Waals surface area contributed by atoms with Crippen LogP contribution in [-0.2, 0) is 0 Å². The number of benzene rings is 2. The molecule has 0 spiro atoms. The van der Waals surface area contributed by atoms with Crippen LogP contribution in [0.1, 0.15) is 24.9 Å². The third kappa shape index (κ3) is 3.79. The molecule has 0 saturated carbocycles. The molecule has 0 aliphatic rings. The molecule has 1 N–H and O–H groups in total. The Morgan fingerprint density at radius 3 is 2.16 bits per heavy atom. The first kappa shape index (κ1) is 14.5. The molecule has 0 aromatic heterocycles. The fourth-order valence-corrected chi connectivity index (χ4v) is 2.60. The molecule has 0 amide bonds. The second-order valence-electron chi connectivity index (χ2n) is 4.28. The van der Waals surface area contributed by atoms with E-state index in [2.05, 4.69) is 12.2 Å². The Hall–Kier alpha value is -0.890. The summed E-state index contributed by atoms with van der Waals surface area (Å²) in [5.41, 5.74) is 2.06. The molecule has 0 bridgehead atoms. The summed E-state index contributed by atoms with van der Waals surface area (Å²) in [4.78, 5) is 0. The summed E-state index contributed by atoms with van der Waals surface area (Å²) in [5, 5.41) is 5.50. The van der Waals surface area contributed by atoms with E-state index in [0.717, 1.165) is 22.7 Å². The van der Waals surface area contributed by atoms with Crippen molar-refractivity contribution < 1.29 is 0 Å². The van der Waals surface area contributed by atoms with Crippen LogP contribution < -0.4 is 5.32 Å². The molecule has 0 saturated heterocycles. The van der Waals surface area contributed by atoms with Crippen LogP contribution in [0.25, 0.3) is 0 Å². The topological polar surface area (TPSA) is 12.0 Å². The van der Waals surface area contributed by atoms with Crippen LogP contribution in [0.3, 0.4) is 0 Å². The van der Waals surface area contributed by atoms with Crippen molar-refractivity contribution >= 4 is 40.5 Å². The molecule has 2 rings (SSSR count). The smallest absolute Gasteiger partial charge is 0.0525 e. The minimum atomic E-state index is 0.144. The first-order valence-electron chi connectivity index (χ1n) is 6.07. The van der Waals surface area contributed by atoms with Gasteiger partial charge < -0.3 is 5.32 Å². The number of nitrogens with one attached hydrogen (secondary N) is 1. The van der Waals surface area contributed by atoms with Crippen LogP contribution >= 0.6 is 34.8 Å². The van der Waals surface area contributed by atoms with E-state index in [1.165, 1.54) is 0 Å². The highest BCUT2D eigenvalue weighted by atomic mass is 35.5. The van der Waals surface area contributed by atoms with Gasteiger partial charge in [-0.3, -0.25) is 0 Å². The van der Waals surface area contributed by atoms with Crippen LogP contribution in [0.15, 0.2) is 42.5 Å². The normalized spacial score (nSPS) is 12.2. The van der Waals surface area contributed by atoms with E-state index >= 15 is 0 Å². The van der Waals surface area contributed by atoms with Crippen molar-refractivity contribution in [1.82, 2.24) is 0 Å². The van der Waals surface area contributed by atoms with Crippen LogP contribution in [0.2, 0.25) is 15.1 Å². The summed E-state index contributed by atoms with van der Waals surface area (Å²) in [5.74, 6) is 0. The molecule has 0 aliphatic heterocycles. The molecule has 4 heteroatoms. The Morgan fingerprint density at radius 2 is 1.58 bits per heavy atom. The lowest BCUT2D eigenvalue weighted by Gasteiger charge is -2.20. The molecule has 0 radical (unpaired) electrons. The summed E-state index contributed by atoms with van der Waals surface area (Å²) in [6.07, 6.45) is 0.921. The van der Waals surface area contributed by atoms with Gasteiger partial charge in [0.25, 0.3) is 0 Å². The van der Waals surface area contributed by atoms with Crippen LogP contribution in [-0.4, -0.2) is 0 Å². The van der Waals surface area contributed by atoms with Gasteiger partial charge in [0.15, 0.2) is 0 Å². The minimum Gasteiger partial charge on any atom is -0.378 e. The fraction of sp³-hybridized carbons (Fsp3) is 0.200. The second-order valence-corrected chi connectivity index (χ2v) is 5.56. The molecule has 19 heavy (non-hydrogen) atoms. The van der Waals surface area contributed by atoms with Crippen molar-refractivity contribution in [3.63, 3.8) is 0 Å². The molecule has 1 nitrogen and oxygen atoms in total. The Kier molecular flexibility index (Phi) is 4.98. The van der Waals surface area contributed by atoms with Gasteiger partial charge in [0.1, 0.15) is 0 Å². The van der Waals surface area contributed by atoms with Crippen LogP contribution in [0.4, 0.5) is 5.69 Å². The zero-order chi connectivity index (χ0) is 13.8. The molecule has 2 aromatic rings. The predicted molar refractivity (Wildman–Crippen MR) is 84.6 cm³/mol.